The lowest BCUT2D eigenvalue weighted by molar-refractivity contribution is 0.0129. The Morgan fingerprint density at radius 1 is 0.475 bits per heavy atom. The highest BCUT2D eigenvalue weighted by molar-refractivity contribution is 6.11. The zero-order chi connectivity index (χ0) is 28.3. The fourth-order valence-corrected chi connectivity index (χ4v) is 5.46. The molecule has 6 rings (SSSR count). The topological polar surface area (TPSA) is 174 Å². The molecule has 0 saturated carbocycles. The Morgan fingerprint density at radius 3 is 1.18 bits per heavy atom. The molecule has 0 saturated heterocycles. The summed E-state index contributed by atoms with van der Waals surface area (Å²) in [5.41, 5.74) is 0.330. The second kappa shape index (κ2) is 9.12. The van der Waals surface area contributed by atoms with Crippen molar-refractivity contribution in [2.24, 2.45) is 11.8 Å². The summed E-state index contributed by atoms with van der Waals surface area (Å²) < 4.78 is 12.3. The fraction of sp³-hybridized carbons (Fsp3) is 0.133. The van der Waals surface area contributed by atoms with Crippen LogP contribution in [0.25, 0.3) is 0 Å². The van der Waals surface area contributed by atoms with Crippen molar-refractivity contribution in [3.05, 3.63) is 95.1 Å². The Kier molecular flexibility index (Phi) is 5.69. The molecule has 2 aliphatic heterocycles. The highest BCUT2D eigenvalue weighted by atomic mass is 16.5. The minimum absolute atomic E-state index is 0.0455. The van der Waals surface area contributed by atoms with E-state index in [0.29, 0.717) is 11.1 Å². The van der Waals surface area contributed by atoms with Gasteiger partial charge in [-0.3, -0.25) is 9.59 Å². The van der Waals surface area contributed by atoms with Gasteiger partial charge >= 0.3 is 0 Å². The highest BCUT2D eigenvalue weighted by Gasteiger charge is 2.53. The zero-order valence-electron chi connectivity index (χ0n) is 20.6. The van der Waals surface area contributed by atoms with Crippen molar-refractivity contribution in [1.29, 1.82) is 0 Å². The number of phenols is 6. The summed E-state index contributed by atoms with van der Waals surface area (Å²) in [5, 5.41) is 61.1. The Hall–Kier alpha value is -5.38. The first-order chi connectivity index (χ1) is 19.1. The van der Waals surface area contributed by atoms with Gasteiger partial charge in [0.15, 0.2) is 11.6 Å². The van der Waals surface area contributed by atoms with Crippen LogP contribution >= 0.6 is 0 Å². The number of rotatable bonds is 3. The Balaban J connectivity index is 1.59. The van der Waals surface area contributed by atoms with Crippen molar-refractivity contribution in [2.45, 2.75) is 12.2 Å². The summed E-state index contributed by atoms with van der Waals surface area (Å²) in [5.74, 6) is -6.10. The second-order valence-corrected chi connectivity index (χ2v) is 9.72. The molecule has 0 amide bonds. The first kappa shape index (κ1) is 24.9. The van der Waals surface area contributed by atoms with Gasteiger partial charge in [-0.1, -0.05) is 24.3 Å². The molecule has 0 radical (unpaired) electrons. The van der Waals surface area contributed by atoms with Crippen LogP contribution in [-0.2, 0) is 0 Å². The van der Waals surface area contributed by atoms with Crippen molar-refractivity contribution in [3.8, 4) is 46.0 Å². The number of fused-ring (bicyclic) bond motifs is 2. The van der Waals surface area contributed by atoms with Crippen LogP contribution in [0.5, 0.6) is 46.0 Å². The third-order valence-electron chi connectivity index (χ3n) is 7.22. The van der Waals surface area contributed by atoms with Gasteiger partial charge in [0.25, 0.3) is 0 Å². The lowest BCUT2D eigenvalue weighted by Crippen LogP contribution is -2.45. The molecule has 2 heterocycles. The zero-order valence-corrected chi connectivity index (χ0v) is 20.6. The van der Waals surface area contributed by atoms with Crippen LogP contribution in [0.3, 0.4) is 0 Å². The van der Waals surface area contributed by atoms with Crippen molar-refractivity contribution in [3.63, 3.8) is 0 Å². The molecule has 10 heteroatoms. The number of benzene rings is 4. The maximum atomic E-state index is 14.2. The van der Waals surface area contributed by atoms with E-state index in [-0.39, 0.29) is 45.6 Å². The van der Waals surface area contributed by atoms with E-state index in [2.05, 4.69) is 0 Å². The van der Waals surface area contributed by atoms with Gasteiger partial charge in [0.1, 0.15) is 69.3 Å². The van der Waals surface area contributed by atoms with Gasteiger partial charge in [-0.05, 0) is 35.4 Å². The predicted molar refractivity (Wildman–Crippen MR) is 138 cm³/mol. The minimum atomic E-state index is -1.33. The molecule has 6 N–H and O–H groups in total. The lowest BCUT2D eigenvalue weighted by atomic mass is 9.69. The van der Waals surface area contributed by atoms with E-state index in [1.54, 1.807) is 0 Å². The molecular weight excluding hydrogens is 520 g/mol. The predicted octanol–water partition coefficient (Wildman–Crippen LogP) is 4.49. The molecule has 0 aromatic heterocycles. The molecule has 0 spiro atoms. The summed E-state index contributed by atoms with van der Waals surface area (Å²) in [7, 11) is 0. The maximum Gasteiger partial charge on any atom is 0.178 e. The number of hydrogen-bond donors (Lipinski definition) is 6. The number of hydrogen-bond acceptors (Lipinski definition) is 10. The maximum absolute atomic E-state index is 14.2. The molecule has 10 nitrogen and oxygen atoms in total. The Bertz CT molecular complexity index is 1530. The number of ketones is 2. The van der Waals surface area contributed by atoms with Crippen LogP contribution in [0, 0.1) is 11.8 Å². The van der Waals surface area contributed by atoms with Crippen molar-refractivity contribution in [1.82, 2.24) is 0 Å². The van der Waals surface area contributed by atoms with Crippen LogP contribution in [0.2, 0.25) is 0 Å². The molecule has 2 aliphatic rings. The van der Waals surface area contributed by atoms with E-state index in [0.717, 1.165) is 12.1 Å². The number of ether oxygens (including phenoxy) is 2. The molecule has 0 aliphatic carbocycles. The smallest absolute Gasteiger partial charge is 0.178 e. The van der Waals surface area contributed by atoms with Gasteiger partial charge in [-0.2, -0.15) is 0 Å². The van der Waals surface area contributed by atoms with Crippen LogP contribution in [0.15, 0.2) is 72.8 Å². The van der Waals surface area contributed by atoms with E-state index < -0.39 is 47.1 Å². The second-order valence-electron chi connectivity index (χ2n) is 9.72. The normalized spacial score (nSPS) is 21.6. The van der Waals surface area contributed by atoms with Gasteiger partial charge in [-0.25, -0.2) is 0 Å². The third-order valence-corrected chi connectivity index (χ3v) is 7.22. The lowest BCUT2D eigenvalue weighted by Gasteiger charge is -2.42. The van der Waals surface area contributed by atoms with Gasteiger partial charge in [0.2, 0.25) is 0 Å². The van der Waals surface area contributed by atoms with E-state index in [9.17, 15) is 40.2 Å². The monoisotopic (exact) mass is 542 g/mol. The number of carbonyl (C=O) groups excluding carboxylic acids is 2. The van der Waals surface area contributed by atoms with E-state index in [1.165, 1.54) is 60.7 Å². The fourth-order valence-electron chi connectivity index (χ4n) is 5.46. The molecule has 0 fully saturated rings. The molecule has 0 unspecified atom stereocenters. The van der Waals surface area contributed by atoms with Gasteiger partial charge in [0, 0.05) is 24.3 Å². The number of aromatic hydroxyl groups is 6. The van der Waals surface area contributed by atoms with Gasteiger partial charge in [0.05, 0.1) is 11.8 Å². The first-order valence-corrected chi connectivity index (χ1v) is 12.2. The van der Waals surface area contributed by atoms with Crippen LogP contribution in [-0.4, -0.2) is 42.2 Å². The molecule has 0 bridgehead atoms. The van der Waals surface area contributed by atoms with Crippen molar-refractivity contribution in [2.75, 3.05) is 0 Å². The van der Waals surface area contributed by atoms with Crippen molar-refractivity contribution >= 4 is 11.6 Å². The number of Topliss-reactive ketones (excluding diaryl/α,β-unsaturated/α-hetero) is 2. The summed E-state index contributed by atoms with van der Waals surface area (Å²) in [6, 6.07) is 15.9. The Labute approximate surface area is 226 Å². The van der Waals surface area contributed by atoms with Gasteiger partial charge in [-0.15, -0.1) is 0 Å². The molecule has 4 aromatic carbocycles. The average molecular weight is 542 g/mol. The molecule has 4 atom stereocenters. The van der Waals surface area contributed by atoms with Gasteiger partial charge < -0.3 is 40.1 Å². The highest BCUT2D eigenvalue weighted by Crippen LogP contribution is 2.53. The number of phenolic OH excluding ortho intramolecular Hbond substituents is 6. The van der Waals surface area contributed by atoms with E-state index in [1.807, 2.05) is 0 Å². The van der Waals surface area contributed by atoms with Crippen LogP contribution in [0.4, 0.5) is 0 Å². The standard InChI is InChI=1S/C30H22O10/c31-15-5-1-13(2-6-15)29-25(27(37)23-19(35)9-17(33)11-21(23)39-29)26-28(38)24-20(36)10-18(34)12-22(24)40-30(26)14-3-7-16(32)8-4-14/h1-12,25-26,29-36H/t25-,26-,29+,30+/m1/s1. The molecule has 4 aromatic rings. The van der Waals surface area contributed by atoms with Crippen LogP contribution < -0.4 is 9.47 Å². The first-order valence-electron chi connectivity index (χ1n) is 12.2. The quantitative estimate of drug-likeness (QED) is 0.216. The average Bonchev–Trinajstić information content (AvgIpc) is 2.89. The number of carbonyl (C=O) groups is 2. The van der Waals surface area contributed by atoms with E-state index >= 15 is 0 Å². The van der Waals surface area contributed by atoms with E-state index in [4.69, 9.17) is 9.47 Å². The molecule has 40 heavy (non-hydrogen) atoms. The summed E-state index contributed by atoms with van der Waals surface area (Å²) in [6.07, 6.45) is -2.31. The molecular formula is C30H22O10. The molecule has 202 valence electrons. The SMILES string of the molecule is O=C1c2c(O)cc(O)cc2O[C@@H](c2ccc(O)cc2)[C@@H]1[C@@H]1C(=O)c2c(O)cc(O)cc2O[C@H]1c1ccc(O)cc1. The summed E-state index contributed by atoms with van der Waals surface area (Å²) in [4.78, 5) is 28.4. The minimum Gasteiger partial charge on any atom is -0.508 e. The summed E-state index contributed by atoms with van der Waals surface area (Å²) >= 11 is 0. The third kappa shape index (κ3) is 3.97. The van der Waals surface area contributed by atoms with Crippen molar-refractivity contribution < 1.29 is 49.7 Å². The Morgan fingerprint density at radius 2 is 0.825 bits per heavy atom. The summed E-state index contributed by atoms with van der Waals surface area (Å²) in [6.45, 7) is 0. The largest absolute Gasteiger partial charge is 0.508 e. The van der Waals surface area contributed by atoms with Crippen LogP contribution in [0.1, 0.15) is 44.1 Å².